The summed E-state index contributed by atoms with van der Waals surface area (Å²) in [5.41, 5.74) is 3.45. The lowest BCUT2D eigenvalue weighted by atomic mass is 10.0. The highest BCUT2D eigenvalue weighted by atomic mass is 35.5. The third kappa shape index (κ3) is 1.91. The number of amides is 1. The zero-order chi connectivity index (χ0) is 10.8. The second-order valence-electron chi connectivity index (χ2n) is 3.37. The highest BCUT2D eigenvalue weighted by molar-refractivity contribution is 6.31. The smallest absolute Gasteiger partial charge is 0.269 e. The molecule has 0 radical (unpaired) electrons. The summed E-state index contributed by atoms with van der Waals surface area (Å²) in [5, 5.41) is 0.526. The van der Waals surface area contributed by atoms with Crippen molar-refractivity contribution in [2.75, 3.05) is 6.61 Å². The molecule has 80 valence electrons. The lowest BCUT2D eigenvalue weighted by Crippen LogP contribution is -2.31. The number of nitrogens with two attached hydrogens (primary N) is 1. The van der Waals surface area contributed by atoms with E-state index in [1.807, 2.05) is 6.07 Å². The molecule has 1 amide bonds. The van der Waals surface area contributed by atoms with E-state index in [2.05, 4.69) is 5.43 Å². The molecule has 4 nitrogen and oxygen atoms in total. The maximum Gasteiger partial charge on any atom is 0.269 e. The Hall–Kier alpha value is -1.26. The summed E-state index contributed by atoms with van der Waals surface area (Å²) in [7, 11) is 0. The number of rotatable bonds is 1. The number of aryl methyl sites for hydroxylation is 1. The molecule has 1 aromatic rings. The quantitative estimate of drug-likeness (QED) is 0.431. The maximum absolute atomic E-state index is 11.5. The average Bonchev–Trinajstić information content (AvgIpc) is 2.26. The van der Waals surface area contributed by atoms with Crippen LogP contribution in [0.5, 0.6) is 5.75 Å². The topological polar surface area (TPSA) is 64.3 Å². The summed E-state index contributed by atoms with van der Waals surface area (Å²) < 4.78 is 5.46. The third-order valence-corrected chi connectivity index (χ3v) is 2.56. The van der Waals surface area contributed by atoms with Gasteiger partial charge in [0, 0.05) is 5.02 Å². The Morgan fingerprint density at radius 1 is 1.53 bits per heavy atom. The molecule has 1 aromatic carbocycles. The van der Waals surface area contributed by atoms with Gasteiger partial charge in [0.05, 0.1) is 12.2 Å². The second kappa shape index (κ2) is 4.08. The second-order valence-corrected chi connectivity index (χ2v) is 3.80. The van der Waals surface area contributed by atoms with Gasteiger partial charge in [-0.1, -0.05) is 11.6 Å². The molecule has 0 aliphatic carbocycles. The van der Waals surface area contributed by atoms with Gasteiger partial charge < -0.3 is 4.74 Å². The molecular weight excluding hydrogens is 216 g/mol. The molecule has 0 saturated carbocycles. The van der Waals surface area contributed by atoms with E-state index in [9.17, 15) is 4.79 Å². The fraction of sp³-hybridized carbons (Fsp3) is 0.300. The first-order chi connectivity index (χ1) is 7.22. The normalized spacial score (nSPS) is 14.0. The Balaban J connectivity index is 2.52. The lowest BCUT2D eigenvalue weighted by Gasteiger charge is -2.20. The van der Waals surface area contributed by atoms with Crippen molar-refractivity contribution in [1.82, 2.24) is 5.43 Å². The van der Waals surface area contributed by atoms with Crippen LogP contribution < -0.4 is 16.0 Å². The van der Waals surface area contributed by atoms with Crippen LogP contribution in [0.2, 0.25) is 5.02 Å². The molecule has 0 fully saturated rings. The number of fused-ring (bicyclic) bond motifs is 1. The molecule has 1 heterocycles. The van der Waals surface area contributed by atoms with Gasteiger partial charge in [-0.3, -0.25) is 10.2 Å². The molecule has 3 N–H and O–H groups in total. The molecular formula is C10H11ClN2O2. The Kier molecular flexibility index (Phi) is 2.79. The lowest BCUT2D eigenvalue weighted by molar-refractivity contribution is 0.0948. The van der Waals surface area contributed by atoms with Gasteiger partial charge in [-0.2, -0.15) is 0 Å². The summed E-state index contributed by atoms with van der Waals surface area (Å²) in [5.74, 6) is 5.32. The van der Waals surface area contributed by atoms with E-state index in [0.29, 0.717) is 22.9 Å². The van der Waals surface area contributed by atoms with Gasteiger partial charge in [-0.05, 0) is 30.5 Å². The summed E-state index contributed by atoms with van der Waals surface area (Å²) in [4.78, 5) is 11.5. The molecule has 1 aliphatic heterocycles. The number of hydrogen-bond acceptors (Lipinski definition) is 3. The van der Waals surface area contributed by atoms with Crippen molar-refractivity contribution in [3.05, 3.63) is 28.3 Å². The van der Waals surface area contributed by atoms with Crippen LogP contribution in [0.3, 0.4) is 0 Å². The van der Waals surface area contributed by atoms with E-state index in [1.165, 1.54) is 0 Å². The largest absolute Gasteiger partial charge is 0.492 e. The van der Waals surface area contributed by atoms with Crippen molar-refractivity contribution in [2.24, 2.45) is 5.84 Å². The number of hydrazine groups is 1. The van der Waals surface area contributed by atoms with E-state index in [1.54, 1.807) is 6.07 Å². The van der Waals surface area contributed by atoms with E-state index in [-0.39, 0.29) is 5.91 Å². The van der Waals surface area contributed by atoms with E-state index in [0.717, 1.165) is 18.4 Å². The van der Waals surface area contributed by atoms with Gasteiger partial charge in [-0.25, -0.2) is 5.84 Å². The minimum Gasteiger partial charge on any atom is -0.492 e. The molecule has 1 aliphatic rings. The Bertz CT molecular complexity index is 407. The molecule has 2 rings (SSSR count). The minimum atomic E-state index is -0.379. The van der Waals surface area contributed by atoms with Crippen LogP contribution in [-0.2, 0) is 6.42 Å². The van der Waals surface area contributed by atoms with Crippen molar-refractivity contribution in [3.8, 4) is 5.75 Å². The number of halogens is 1. The van der Waals surface area contributed by atoms with E-state index < -0.39 is 0 Å². The number of carbonyl (C=O) groups is 1. The molecule has 5 heteroatoms. The Morgan fingerprint density at radius 3 is 3.07 bits per heavy atom. The standard InChI is InChI=1S/C10H11ClN2O2/c11-7-4-6-2-1-3-15-9(6)8(5-7)10(14)13-12/h4-5H,1-3,12H2,(H,13,14). The maximum atomic E-state index is 11.5. The predicted molar refractivity (Wildman–Crippen MR) is 56.9 cm³/mol. The van der Waals surface area contributed by atoms with E-state index in [4.69, 9.17) is 22.2 Å². The first-order valence-electron chi connectivity index (χ1n) is 4.68. The minimum absolute atomic E-state index is 0.379. The Morgan fingerprint density at radius 2 is 2.33 bits per heavy atom. The monoisotopic (exact) mass is 226 g/mol. The molecule has 15 heavy (non-hydrogen) atoms. The molecule has 0 atom stereocenters. The fourth-order valence-corrected chi connectivity index (χ4v) is 1.93. The van der Waals surface area contributed by atoms with Crippen molar-refractivity contribution in [1.29, 1.82) is 0 Å². The van der Waals surface area contributed by atoms with Crippen LogP contribution in [-0.4, -0.2) is 12.5 Å². The fourth-order valence-electron chi connectivity index (χ4n) is 1.69. The molecule has 0 aromatic heterocycles. The van der Waals surface area contributed by atoms with Crippen molar-refractivity contribution in [2.45, 2.75) is 12.8 Å². The summed E-state index contributed by atoms with van der Waals surface area (Å²) in [6.45, 7) is 0.624. The zero-order valence-corrected chi connectivity index (χ0v) is 8.80. The van der Waals surface area contributed by atoms with Gasteiger partial charge >= 0.3 is 0 Å². The van der Waals surface area contributed by atoms with Gasteiger partial charge in [-0.15, -0.1) is 0 Å². The van der Waals surface area contributed by atoms with Crippen molar-refractivity contribution >= 4 is 17.5 Å². The number of carbonyl (C=O) groups excluding carboxylic acids is 1. The number of nitrogens with one attached hydrogen (secondary N) is 1. The Labute approximate surface area is 92.3 Å². The van der Waals surface area contributed by atoms with Crippen LogP contribution in [0, 0.1) is 0 Å². The van der Waals surface area contributed by atoms with Crippen LogP contribution in [0.15, 0.2) is 12.1 Å². The SMILES string of the molecule is NNC(=O)c1cc(Cl)cc2c1OCCC2. The molecule has 0 unspecified atom stereocenters. The molecule has 0 saturated heterocycles. The van der Waals surface area contributed by atoms with E-state index >= 15 is 0 Å². The number of nitrogen functional groups attached to an aromatic ring is 1. The van der Waals surface area contributed by atoms with Gasteiger partial charge in [0.15, 0.2) is 0 Å². The molecule has 0 bridgehead atoms. The van der Waals surface area contributed by atoms with Crippen LogP contribution in [0.4, 0.5) is 0 Å². The molecule has 0 spiro atoms. The zero-order valence-electron chi connectivity index (χ0n) is 8.05. The number of ether oxygens (including phenoxy) is 1. The third-order valence-electron chi connectivity index (χ3n) is 2.34. The first kappa shape index (κ1) is 10.3. The van der Waals surface area contributed by atoms with Crippen molar-refractivity contribution < 1.29 is 9.53 Å². The van der Waals surface area contributed by atoms with Gasteiger partial charge in [0.1, 0.15) is 5.75 Å². The predicted octanol–water partition coefficient (Wildman–Crippen LogP) is 1.27. The highest BCUT2D eigenvalue weighted by Crippen LogP contribution is 2.32. The first-order valence-corrected chi connectivity index (χ1v) is 5.06. The number of benzene rings is 1. The van der Waals surface area contributed by atoms with Crippen LogP contribution in [0.1, 0.15) is 22.3 Å². The summed E-state index contributed by atoms with van der Waals surface area (Å²) >= 11 is 5.91. The van der Waals surface area contributed by atoms with Crippen LogP contribution >= 0.6 is 11.6 Å². The number of hydrogen-bond donors (Lipinski definition) is 2. The van der Waals surface area contributed by atoms with Crippen molar-refractivity contribution in [3.63, 3.8) is 0 Å². The average molecular weight is 227 g/mol. The summed E-state index contributed by atoms with van der Waals surface area (Å²) in [6.07, 6.45) is 1.82. The highest BCUT2D eigenvalue weighted by Gasteiger charge is 2.19. The van der Waals surface area contributed by atoms with Crippen LogP contribution in [0.25, 0.3) is 0 Å². The van der Waals surface area contributed by atoms with Gasteiger partial charge in [0.2, 0.25) is 0 Å². The van der Waals surface area contributed by atoms with Gasteiger partial charge in [0.25, 0.3) is 5.91 Å². The summed E-state index contributed by atoms with van der Waals surface area (Å²) in [6, 6.07) is 3.39.